The van der Waals surface area contributed by atoms with Gasteiger partial charge in [0.1, 0.15) is 5.82 Å². The van der Waals surface area contributed by atoms with E-state index in [1.807, 2.05) is 9.80 Å². The molecule has 3 aromatic rings. The molecule has 2 N–H and O–H groups in total. The molecule has 0 radical (unpaired) electrons. The molecule has 0 saturated carbocycles. The van der Waals surface area contributed by atoms with Gasteiger partial charge < -0.3 is 10.6 Å². The SMILES string of the molecule is Fc1ccc(CSC2=NCN(CCc3cccc(C(F)(F)F)c3)CN2)c(CSC2=NCN(CCc3cccc(C(F)(F)F)c3)CN2)c1. The van der Waals surface area contributed by atoms with Crippen LogP contribution in [0.3, 0.4) is 0 Å². The highest BCUT2D eigenvalue weighted by Crippen LogP contribution is 2.31. The summed E-state index contributed by atoms with van der Waals surface area (Å²) in [5.74, 6) is 0.723. The van der Waals surface area contributed by atoms with Crippen molar-refractivity contribution in [1.29, 1.82) is 0 Å². The van der Waals surface area contributed by atoms with Crippen LogP contribution in [0, 0.1) is 5.82 Å². The number of rotatable bonds is 10. The summed E-state index contributed by atoms with van der Waals surface area (Å²) in [5, 5.41) is 7.95. The Hall–Kier alpha value is -3.27. The minimum absolute atomic E-state index is 0.335. The van der Waals surface area contributed by atoms with Crippen molar-refractivity contribution < 1.29 is 30.7 Å². The quantitative estimate of drug-likeness (QED) is 0.219. The fourth-order valence-electron chi connectivity index (χ4n) is 4.93. The Kier molecular flexibility index (Phi) is 11.7. The lowest BCUT2D eigenvalue weighted by atomic mass is 10.1. The van der Waals surface area contributed by atoms with E-state index in [1.165, 1.54) is 59.9 Å². The van der Waals surface area contributed by atoms with Crippen molar-refractivity contribution in [1.82, 2.24) is 20.4 Å². The van der Waals surface area contributed by atoms with Crippen molar-refractivity contribution in [3.63, 3.8) is 0 Å². The first-order valence-electron chi connectivity index (χ1n) is 14.8. The molecule has 0 aliphatic carbocycles. The van der Waals surface area contributed by atoms with E-state index in [2.05, 4.69) is 20.6 Å². The first kappa shape index (κ1) is 35.0. The Labute approximate surface area is 276 Å². The van der Waals surface area contributed by atoms with Gasteiger partial charge in [-0.15, -0.1) is 0 Å². The van der Waals surface area contributed by atoms with Crippen LogP contribution in [-0.4, -0.2) is 59.9 Å². The van der Waals surface area contributed by atoms with Crippen LogP contribution >= 0.6 is 23.5 Å². The van der Waals surface area contributed by atoms with Crippen LogP contribution in [0.2, 0.25) is 0 Å². The molecule has 0 bridgehead atoms. The molecule has 0 saturated heterocycles. The molecule has 3 aromatic carbocycles. The third-order valence-electron chi connectivity index (χ3n) is 7.58. The Morgan fingerprint density at radius 3 is 1.57 bits per heavy atom. The summed E-state index contributed by atoms with van der Waals surface area (Å²) in [6, 6.07) is 15.4. The number of aliphatic imine (C=N–C) groups is 2. The maximum absolute atomic E-state index is 14.2. The largest absolute Gasteiger partial charge is 0.416 e. The van der Waals surface area contributed by atoms with Gasteiger partial charge in [-0.25, -0.2) is 14.4 Å². The Bertz CT molecular complexity index is 1580. The predicted molar refractivity (Wildman–Crippen MR) is 173 cm³/mol. The van der Waals surface area contributed by atoms with Crippen molar-refractivity contribution >= 4 is 33.9 Å². The summed E-state index contributed by atoms with van der Waals surface area (Å²) in [5.41, 5.74) is 1.71. The molecule has 5 rings (SSSR count). The molecule has 47 heavy (non-hydrogen) atoms. The number of thioether (sulfide) groups is 2. The van der Waals surface area contributed by atoms with Gasteiger partial charge in [0.15, 0.2) is 10.3 Å². The number of hydrogen-bond donors (Lipinski definition) is 2. The first-order valence-corrected chi connectivity index (χ1v) is 16.8. The van der Waals surface area contributed by atoms with Gasteiger partial charge in [0.25, 0.3) is 0 Å². The van der Waals surface area contributed by atoms with Crippen LogP contribution in [0.25, 0.3) is 0 Å². The van der Waals surface area contributed by atoms with E-state index < -0.39 is 23.5 Å². The second-order valence-corrected chi connectivity index (χ2v) is 13.0. The molecular weight excluding hydrogens is 666 g/mol. The lowest BCUT2D eigenvalue weighted by molar-refractivity contribution is -0.138. The number of nitrogens with zero attached hydrogens (tertiary/aromatic N) is 4. The highest BCUT2D eigenvalue weighted by molar-refractivity contribution is 8.13. The molecule has 6 nitrogen and oxygen atoms in total. The third-order valence-corrected chi connectivity index (χ3v) is 9.58. The predicted octanol–water partition coefficient (Wildman–Crippen LogP) is 7.17. The second kappa shape index (κ2) is 15.8. The lowest BCUT2D eigenvalue weighted by Crippen LogP contribution is -2.42. The molecule has 0 aromatic heterocycles. The number of benzene rings is 3. The minimum atomic E-state index is -4.37. The molecule has 0 spiro atoms. The van der Waals surface area contributed by atoms with Crippen LogP contribution in [-0.2, 0) is 36.7 Å². The number of halogens is 7. The van der Waals surface area contributed by atoms with Gasteiger partial charge in [0, 0.05) is 24.6 Å². The van der Waals surface area contributed by atoms with Gasteiger partial charge in [-0.3, -0.25) is 9.80 Å². The normalized spacial score (nSPS) is 16.3. The monoisotopic (exact) mass is 698 g/mol. The van der Waals surface area contributed by atoms with Crippen LogP contribution in [0.5, 0.6) is 0 Å². The summed E-state index contributed by atoms with van der Waals surface area (Å²) in [7, 11) is 0. The van der Waals surface area contributed by atoms with Gasteiger partial charge in [-0.2, -0.15) is 26.3 Å². The van der Waals surface area contributed by atoms with E-state index in [0.717, 1.165) is 28.4 Å². The summed E-state index contributed by atoms with van der Waals surface area (Å²) in [6.07, 6.45) is -7.80. The molecule has 0 fully saturated rings. The van der Waals surface area contributed by atoms with Crippen molar-refractivity contribution in [3.05, 3.63) is 106 Å². The highest BCUT2D eigenvalue weighted by atomic mass is 32.2. The van der Waals surface area contributed by atoms with Gasteiger partial charge >= 0.3 is 12.4 Å². The minimum Gasteiger partial charge on any atom is -0.352 e. The number of nitrogens with one attached hydrogen (secondary N) is 2. The van der Waals surface area contributed by atoms with Crippen LogP contribution in [0.1, 0.15) is 33.4 Å². The Balaban J connectivity index is 1.06. The van der Waals surface area contributed by atoms with Gasteiger partial charge in [-0.05, 0) is 59.4 Å². The summed E-state index contributed by atoms with van der Waals surface area (Å²) >= 11 is 2.96. The number of hydrogen-bond acceptors (Lipinski definition) is 8. The number of alkyl halides is 6. The topological polar surface area (TPSA) is 55.3 Å². The summed E-state index contributed by atoms with van der Waals surface area (Å²) in [4.78, 5) is 13.1. The van der Waals surface area contributed by atoms with E-state index in [-0.39, 0.29) is 5.82 Å². The summed E-state index contributed by atoms with van der Waals surface area (Å²) in [6.45, 7) is 2.94. The van der Waals surface area contributed by atoms with Crippen molar-refractivity contribution in [2.24, 2.45) is 9.98 Å². The zero-order chi connectivity index (χ0) is 33.4. The van der Waals surface area contributed by atoms with Crippen molar-refractivity contribution in [3.8, 4) is 0 Å². The van der Waals surface area contributed by atoms with E-state index in [9.17, 15) is 30.7 Å². The van der Waals surface area contributed by atoms with Crippen molar-refractivity contribution in [2.45, 2.75) is 36.7 Å². The summed E-state index contributed by atoms with van der Waals surface area (Å²) < 4.78 is 92.1. The van der Waals surface area contributed by atoms with E-state index in [4.69, 9.17) is 0 Å². The average molecular weight is 699 g/mol. The van der Waals surface area contributed by atoms with E-state index in [0.29, 0.717) is 80.4 Å². The lowest BCUT2D eigenvalue weighted by Gasteiger charge is -2.27. The molecule has 252 valence electrons. The maximum atomic E-state index is 14.2. The third kappa shape index (κ3) is 10.6. The van der Waals surface area contributed by atoms with Crippen LogP contribution in [0.4, 0.5) is 30.7 Å². The molecule has 0 amide bonds. The van der Waals surface area contributed by atoms with Crippen molar-refractivity contribution in [2.75, 3.05) is 39.8 Å². The molecular formula is C32H33F7N6S2. The first-order chi connectivity index (χ1) is 22.4. The molecule has 15 heteroatoms. The van der Waals surface area contributed by atoms with Crippen LogP contribution < -0.4 is 10.6 Å². The average Bonchev–Trinajstić information content (AvgIpc) is 3.05. The second-order valence-electron chi connectivity index (χ2n) is 11.1. The van der Waals surface area contributed by atoms with Crippen LogP contribution in [0.15, 0.2) is 76.7 Å². The molecule has 0 unspecified atom stereocenters. The van der Waals surface area contributed by atoms with Gasteiger partial charge in [0.2, 0.25) is 0 Å². The molecule has 2 heterocycles. The molecule has 2 aliphatic heterocycles. The van der Waals surface area contributed by atoms with Gasteiger partial charge in [-0.1, -0.05) is 66.0 Å². The molecule has 0 atom stereocenters. The standard InChI is InChI=1S/C32H33F7N6S2/c33-28-8-7-24(16-46-29-40-18-44(19-41-29)11-9-22-3-1-5-26(13-22)31(34,35)36)25(15-28)17-47-30-42-20-45(21-43-30)12-10-23-4-2-6-27(14-23)32(37,38)39/h1-8,13-15H,9-12,16-21H2,(H,40,41)(H,42,43). The fraction of sp³-hybridized carbons (Fsp3) is 0.375. The zero-order valence-electron chi connectivity index (χ0n) is 25.2. The molecule has 2 aliphatic rings. The van der Waals surface area contributed by atoms with E-state index in [1.54, 1.807) is 18.2 Å². The number of amidine groups is 2. The Morgan fingerprint density at radius 2 is 1.13 bits per heavy atom. The maximum Gasteiger partial charge on any atom is 0.416 e. The fourth-order valence-corrected chi connectivity index (χ4v) is 6.70. The van der Waals surface area contributed by atoms with Gasteiger partial charge in [0.05, 0.1) is 37.8 Å². The highest BCUT2D eigenvalue weighted by Gasteiger charge is 2.31. The Morgan fingerprint density at radius 1 is 0.638 bits per heavy atom. The van der Waals surface area contributed by atoms with E-state index >= 15 is 0 Å². The zero-order valence-corrected chi connectivity index (χ0v) is 26.8. The smallest absolute Gasteiger partial charge is 0.352 e.